The Labute approximate surface area is 132 Å². The molecule has 0 spiro atoms. The number of hydrogen-bond acceptors (Lipinski definition) is 5. The van der Waals surface area contributed by atoms with Crippen molar-refractivity contribution in [1.82, 2.24) is 14.6 Å². The molecule has 0 unspecified atom stereocenters. The molecule has 1 aliphatic rings. The molecule has 3 heterocycles. The van der Waals surface area contributed by atoms with E-state index in [2.05, 4.69) is 16.8 Å². The zero-order valence-corrected chi connectivity index (χ0v) is 13.1. The third-order valence-electron chi connectivity index (χ3n) is 4.05. The van der Waals surface area contributed by atoms with Gasteiger partial charge in [0.05, 0.1) is 11.5 Å². The van der Waals surface area contributed by atoms with Crippen LogP contribution in [0.2, 0.25) is 0 Å². The van der Waals surface area contributed by atoms with Gasteiger partial charge in [-0.3, -0.25) is 0 Å². The van der Waals surface area contributed by atoms with Crippen LogP contribution in [0.3, 0.4) is 0 Å². The van der Waals surface area contributed by atoms with Crippen molar-refractivity contribution in [1.29, 1.82) is 0 Å². The van der Waals surface area contributed by atoms with E-state index in [0.717, 1.165) is 34.9 Å². The summed E-state index contributed by atoms with van der Waals surface area (Å²) in [5.41, 5.74) is 4.27. The van der Waals surface area contributed by atoms with Crippen molar-refractivity contribution in [3.8, 4) is 10.6 Å². The summed E-state index contributed by atoms with van der Waals surface area (Å²) in [5, 5.41) is 19.3. The number of aromatic nitrogens is 3. The zero-order valence-electron chi connectivity index (χ0n) is 12.2. The molecule has 2 N–H and O–H groups in total. The second kappa shape index (κ2) is 5.70. The number of aryl methyl sites for hydroxylation is 1. The van der Waals surface area contributed by atoms with E-state index in [1.54, 1.807) is 11.3 Å². The summed E-state index contributed by atoms with van der Waals surface area (Å²) in [6, 6.07) is 6.16. The molecule has 0 fully saturated rings. The average Bonchev–Trinajstić information content (AvgIpc) is 3.20. The van der Waals surface area contributed by atoms with E-state index in [4.69, 9.17) is 15.2 Å². The maximum absolute atomic E-state index is 9.15. The highest BCUT2D eigenvalue weighted by molar-refractivity contribution is 7.13. The van der Waals surface area contributed by atoms with Crippen LogP contribution in [-0.2, 0) is 12.8 Å². The minimum atomic E-state index is 0.109. The van der Waals surface area contributed by atoms with E-state index < -0.39 is 0 Å². The third kappa shape index (κ3) is 2.28. The van der Waals surface area contributed by atoms with Crippen molar-refractivity contribution in [3.05, 3.63) is 34.8 Å². The number of rotatable bonds is 4. The van der Waals surface area contributed by atoms with Crippen LogP contribution in [-0.4, -0.2) is 32.9 Å². The largest absolute Gasteiger partial charge is 0.395 e. The Morgan fingerprint density at radius 3 is 3.05 bits per heavy atom. The lowest BCUT2D eigenvalue weighted by Gasteiger charge is -2.20. The van der Waals surface area contributed by atoms with Crippen molar-refractivity contribution in [3.63, 3.8) is 0 Å². The number of fused-ring (bicyclic) bond motifs is 2. The molecule has 0 saturated carbocycles. The fraction of sp³-hybridized carbons (Fsp3) is 0.375. The molecule has 1 aliphatic carbocycles. The first kappa shape index (κ1) is 13.7. The van der Waals surface area contributed by atoms with Crippen LogP contribution >= 0.6 is 11.3 Å². The molecule has 0 atom stereocenters. The van der Waals surface area contributed by atoms with Gasteiger partial charge < -0.3 is 10.4 Å². The van der Waals surface area contributed by atoms with Gasteiger partial charge in [0.25, 0.3) is 0 Å². The minimum Gasteiger partial charge on any atom is -0.395 e. The highest BCUT2D eigenvalue weighted by Crippen LogP contribution is 2.30. The van der Waals surface area contributed by atoms with Gasteiger partial charge in [-0.1, -0.05) is 6.07 Å². The van der Waals surface area contributed by atoms with E-state index in [1.807, 2.05) is 16.6 Å². The van der Waals surface area contributed by atoms with Crippen molar-refractivity contribution in [2.75, 3.05) is 18.5 Å². The summed E-state index contributed by atoms with van der Waals surface area (Å²) in [5.74, 6) is 0.997. The maximum Gasteiger partial charge on any atom is 0.158 e. The van der Waals surface area contributed by atoms with Crippen LogP contribution in [0.25, 0.3) is 16.2 Å². The molecule has 0 aromatic carbocycles. The molecule has 0 amide bonds. The fourth-order valence-electron chi connectivity index (χ4n) is 3.05. The Morgan fingerprint density at radius 1 is 1.32 bits per heavy atom. The summed E-state index contributed by atoms with van der Waals surface area (Å²) in [6.07, 6.45) is 4.44. The number of thiophene rings is 1. The molecule has 5 nitrogen and oxygen atoms in total. The van der Waals surface area contributed by atoms with Crippen LogP contribution in [0.1, 0.15) is 24.1 Å². The summed E-state index contributed by atoms with van der Waals surface area (Å²) in [4.78, 5) is 5.97. The zero-order chi connectivity index (χ0) is 14.9. The van der Waals surface area contributed by atoms with Gasteiger partial charge >= 0.3 is 0 Å². The topological polar surface area (TPSA) is 62.5 Å². The molecule has 0 aliphatic heterocycles. The monoisotopic (exact) mass is 314 g/mol. The number of aliphatic hydroxyl groups excluding tert-OH is 1. The van der Waals surface area contributed by atoms with Crippen molar-refractivity contribution in [2.45, 2.75) is 25.7 Å². The Balaban J connectivity index is 1.89. The summed E-state index contributed by atoms with van der Waals surface area (Å²) in [7, 11) is 0. The van der Waals surface area contributed by atoms with E-state index in [9.17, 15) is 0 Å². The molecule has 0 bridgehead atoms. The van der Waals surface area contributed by atoms with Gasteiger partial charge in [-0.2, -0.15) is 9.61 Å². The maximum atomic E-state index is 9.15. The second-order valence-corrected chi connectivity index (χ2v) is 6.47. The smallest absolute Gasteiger partial charge is 0.158 e. The molecular formula is C16H18N4OS. The van der Waals surface area contributed by atoms with E-state index in [1.165, 1.54) is 24.1 Å². The molecule has 3 aromatic heterocycles. The first-order valence-corrected chi connectivity index (χ1v) is 8.55. The summed E-state index contributed by atoms with van der Waals surface area (Å²) in [6.45, 7) is 0.636. The SMILES string of the molecule is OCCNc1c2c(nc3cc(-c4cccs4)nn13)CCCC2. The average molecular weight is 314 g/mol. The lowest BCUT2D eigenvalue weighted by molar-refractivity contribution is 0.311. The van der Waals surface area contributed by atoms with Crippen LogP contribution in [0, 0.1) is 0 Å². The predicted octanol–water partition coefficient (Wildman–Crippen LogP) is 2.74. The standard InChI is InChI=1S/C16H18N4OS/c21-8-7-17-16-11-4-1-2-5-12(11)18-15-10-13(19-20(15)16)14-6-3-9-22-14/h3,6,9-10,17,21H,1-2,4-5,7-8H2. The molecule has 0 radical (unpaired) electrons. The normalized spacial score (nSPS) is 14.2. The van der Waals surface area contributed by atoms with E-state index in [-0.39, 0.29) is 6.61 Å². The van der Waals surface area contributed by atoms with Gasteiger partial charge in [0.15, 0.2) is 5.65 Å². The molecule has 0 saturated heterocycles. The van der Waals surface area contributed by atoms with Crippen LogP contribution in [0.5, 0.6) is 0 Å². The number of hydrogen-bond donors (Lipinski definition) is 2. The van der Waals surface area contributed by atoms with E-state index in [0.29, 0.717) is 6.54 Å². The van der Waals surface area contributed by atoms with Gasteiger partial charge in [0.1, 0.15) is 11.5 Å². The predicted molar refractivity (Wildman–Crippen MR) is 88.5 cm³/mol. The highest BCUT2D eigenvalue weighted by atomic mass is 32.1. The first-order valence-electron chi connectivity index (χ1n) is 7.67. The molecule has 22 heavy (non-hydrogen) atoms. The van der Waals surface area contributed by atoms with Gasteiger partial charge in [-0.05, 0) is 37.1 Å². The third-order valence-corrected chi connectivity index (χ3v) is 4.95. The molecule has 6 heteroatoms. The summed E-state index contributed by atoms with van der Waals surface area (Å²) < 4.78 is 1.90. The lowest BCUT2D eigenvalue weighted by Crippen LogP contribution is -2.17. The Kier molecular flexibility index (Phi) is 3.56. The molecule has 3 aromatic rings. The molecule has 4 rings (SSSR count). The minimum absolute atomic E-state index is 0.109. The number of nitrogens with zero attached hydrogens (tertiary/aromatic N) is 3. The van der Waals surface area contributed by atoms with Crippen molar-refractivity contribution >= 4 is 22.8 Å². The fourth-order valence-corrected chi connectivity index (χ4v) is 3.73. The molecular weight excluding hydrogens is 296 g/mol. The molecule has 114 valence electrons. The highest BCUT2D eigenvalue weighted by Gasteiger charge is 2.20. The van der Waals surface area contributed by atoms with Gasteiger partial charge in [-0.25, -0.2) is 4.98 Å². The van der Waals surface area contributed by atoms with Gasteiger partial charge in [-0.15, -0.1) is 11.3 Å². The van der Waals surface area contributed by atoms with E-state index >= 15 is 0 Å². The Morgan fingerprint density at radius 2 is 2.23 bits per heavy atom. The Bertz CT molecular complexity index is 794. The van der Waals surface area contributed by atoms with Crippen LogP contribution in [0.15, 0.2) is 23.6 Å². The number of aliphatic hydroxyl groups is 1. The summed E-state index contributed by atoms with van der Waals surface area (Å²) >= 11 is 1.68. The van der Waals surface area contributed by atoms with Gasteiger partial charge in [0, 0.05) is 23.9 Å². The van der Waals surface area contributed by atoms with Crippen LogP contribution in [0.4, 0.5) is 5.82 Å². The first-order chi connectivity index (χ1) is 10.9. The number of nitrogens with one attached hydrogen (secondary N) is 1. The Hall–Kier alpha value is -1.92. The quantitative estimate of drug-likeness (QED) is 0.777. The number of anilines is 1. The van der Waals surface area contributed by atoms with Crippen molar-refractivity contribution < 1.29 is 5.11 Å². The van der Waals surface area contributed by atoms with Crippen LogP contribution < -0.4 is 5.32 Å². The second-order valence-electron chi connectivity index (χ2n) is 5.52. The lowest BCUT2D eigenvalue weighted by atomic mass is 9.96. The van der Waals surface area contributed by atoms with Crippen molar-refractivity contribution in [2.24, 2.45) is 0 Å². The van der Waals surface area contributed by atoms with Gasteiger partial charge in [0.2, 0.25) is 0 Å².